The lowest BCUT2D eigenvalue weighted by Crippen LogP contribution is -2.38. The first-order chi connectivity index (χ1) is 6.88. The van der Waals surface area contributed by atoms with Crippen LogP contribution in [0.3, 0.4) is 0 Å². The van der Waals surface area contributed by atoms with E-state index < -0.39 is 12.7 Å². The number of hydrogen-bond donors (Lipinski definition) is 1. The Balaban J connectivity index is 2.03. The fourth-order valence-electron chi connectivity index (χ4n) is 1.63. The highest BCUT2D eigenvalue weighted by atomic mass is 19.4. The molecule has 0 spiro atoms. The second kappa shape index (κ2) is 5.16. The lowest BCUT2D eigenvalue weighted by atomic mass is 10.2. The highest BCUT2D eigenvalue weighted by molar-refractivity contribution is 4.83. The van der Waals surface area contributed by atoms with Gasteiger partial charge in [-0.15, -0.1) is 0 Å². The number of alkyl halides is 3. The van der Waals surface area contributed by atoms with Gasteiger partial charge >= 0.3 is 6.18 Å². The summed E-state index contributed by atoms with van der Waals surface area (Å²) < 4.78 is 35.9. The van der Waals surface area contributed by atoms with Gasteiger partial charge in [-0.25, -0.2) is 0 Å². The summed E-state index contributed by atoms with van der Waals surface area (Å²) in [6.07, 6.45) is -1.57. The van der Waals surface area contributed by atoms with Crippen molar-refractivity contribution in [2.24, 2.45) is 5.92 Å². The van der Waals surface area contributed by atoms with Crippen LogP contribution in [0.25, 0.3) is 0 Å². The Morgan fingerprint density at radius 1 is 1.40 bits per heavy atom. The van der Waals surface area contributed by atoms with Crippen molar-refractivity contribution in [1.82, 2.24) is 10.2 Å². The molecule has 5 heteroatoms. The molecule has 0 aromatic heterocycles. The number of nitrogens with zero attached hydrogens (tertiary/aromatic N) is 1. The van der Waals surface area contributed by atoms with Crippen molar-refractivity contribution in [2.45, 2.75) is 32.0 Å². The molecule has 0 amide bonds. The van der Waals surface area contributed by atoms with Gasteiger partial charge in [-0.05, 0) is 32.7 Å². The van der Waals surface area contributed by atoms with Crippen LogP contribution < -0.4 is 5.32 Å². The molecule has 0 radical (unpaired) electrons. The van der Waals surface area contributed by atoms with Gasteiger partial charge in [-0.2, -0.15) is 13.2 Å². The average Bonchev–Trinajstić information content (AvgIpc) is 2.81. The second-order valence-corrected chi connectivity index (χ2v) is 4.43. The third-order valence-corrected chi connectivity index (χ3v) is 2.74. The predicted molar refractivity (Wildman–Crippen MR) is 53.7 cm³/mol. The molecule has 1 N–H and O–H groups in total. The van der Waals surface area contributed by atoms with Crippen molar-refractivity contribution >= 4 is 0 Å². The van der Waals surface area contributed by atoms with Crippen molar-refractivity contribution in [3.8, 4) is 0 Å². The maximum atomic E-state index is 12.0. The molecule has 1 fully saturated rings. The lowest BCUT2D eigenvalue weighted by Gasteiger charge is -2.20. The summed E-state index contributed by atoms with van der Waals surface area (Å²) in [4.78, 5) is 1.30. The summed E-state index contributed by atoms with van der Waals surface area (Å²) in [6.45, 7) is 2.34. The topological polar surface area (TPSA) is 15.3 Å². The Kier molecular flexibility index (Phi) is 4.40. The van der Waals surface area contributed by atoms with Gasteiger partial charge in [0.05, 0.1) is 6.54 Å². The summed E-state index contributed by atoms with van der Waals surface area (Å²) in [6, 6.07) is 0.448. The van der Waals surface area contributed by atoms with Crippen LogP contribution in [0.2, 0.25) is 0 Å². The Morgan fingerprint density at radius 2 is 2.00 bits per heavy atom. The number of likely N-dealkylation sites (N-methyl/N-ethyl adjacent to an activating group) is 1. The van der Waals surface area contributed by atoms with Crippen LogP contribution in [0.4, 0.5) is 13.2 Å². The van der Waals surface area contributed by atoms with Crippen molar-refractivity contribution in [3.63, 3.8) is 0 Å². The molecule has 1 aliphatic carbocycles. The Bertz CT molecular complexity index is 190. The first-order valence-corrected chi connectivity index (χ1v) is 5.37. The molecule has 1 aliphatic rings. The molecule has 0 heterocycles. The number of rotatable bonds is 6. The number of nitrogens with one attached hydrogen (secondary N) is 1. The molecule has 2 nitrogen and oxygen atoms in total. The predicted octanol–water partition coefficient (Wildman–Crippen LogP) is 1.87. The van der Waals surface area contributed by atoms with E-state index in [9.17, 15) is 13.2 Å². The fraction of sp³-hybridized carbons (Fsp3) is 1.00. The highest BCUT2D eigenvalue weighted by Crippen LogP contribution is 2.32. The zero-order valence-corrected chi connectivity index (χ0v) is 9.27. The molecule has 0 saturated heterocycles. The molecule has 1 rings (SSSR count). The quantitative estimate of drug-likeness (QED) is 0.741. The summed E-state index contributed by atoms with van der Waals surface area (Å²) in [5.74, 6) is 0.748. The fourth-order valence-corrected chi connectivity index (χ4v) is 1.63. The van der Waals surface area contributed by atoms with Crippen molar-refractivity contribution < 1.29 is 13.2 Å². The van der Waals surface area contributed by atoms with Gasteiger partial charge in [-0.1, -0.05) is 0 Å². The summed E-state index contributed by atoms with van der Waals surface area (Å²) in [5.41, 5.74) is 0. The van der Waals surface area contributed by atoms with E-state index in [1.807, 2.05) is 0 Å². The number of halogens is 3. The van der Waals surface area contributed by atoms with Gasteiger partial charge in [0.1, 0.15) is 0 Å². The molecule has 1 unspecified atom stereocenters. The number of hydrogen-bond acceptors (Lipinski definition) is 2. The average molecular weight is 224 g/mol. The minimum Gasteiger partial charge on any atom is -0.313 e. The molecule has 0 bridgehead atoms. The van der Waals surface area contributed by atoms with Gasteiger partial charge in [-0.3, -0.25) is 4.90 Å². The zero-order chi connectivity index (χ0) is 11.5. The maximum Gasteiger partial charge on any atom is 0.401 e. The molecular weight excluding hydrogens is 205 g/mol. The molecule has 1 atom stereocenters. The monoisotopic (exact) mass is 224 g/mol. The standard InChI is InChI=1S/C10H19F3N2/c1-8(9-3-4-9)14-5-6-15(2)7-10(11,12)13/h8-9,14H,3-7H2,1-2H3. The molecule has 1 saturated carbocycles. The van der Waals surface area contributed by atoms with Gasteiger partial charge in [0.25, 0.3) is 0 Å². The van der Waals surface area contributed by atoms with Crippen LogP contribution in [0.15, 0.2) is 0 Å². The summed E-state index contributed by atoms with van der Waals surface area (Å²) in [7, 11) is 1.50. The van der Waals surface area contributed by atoms with E-state index in [0.29, 0.717) is 19.1 Å². The van der Waals surface area contributed by atoms with Gasteiger partial charge < -0.3 is 5.32 Å². The molecule has 90 valence electrons. The van der Waals surface area contributed by atoms with E-state index in [1.54, 1.807) is 0 Å². The first-order valence-electron chi connectivity index (χ1n) is 5.37. The van der Waals surface area contributed by atoms with Crippen LogP contribution in [-0.4, -0.2) is 43.8 Å². The SMILES string of the molecule is CC(NCCN(C)CC(F)(F)F)C1CC1. The zero-order valence-electron chi connectivity index (χ0n) is 9.27. The van der Waals surface area contributed by atoms with E-state index in [1.165, 1.54) is 24.8 Å². The van der Waals surface area contributed by atoms with Crippen LogP contribution in [-0.2, 0) is 0 Å². The summed E-state index contributed by atoms with van der Waals surface area (Å²) in [5, 5.41) is 3.25. The Hall–Kier alpha value is -0.290. The van der Waals surface area contributed by atoms with Crippen molar-refractivity contribution in [1.29, 1.82) is 0 Å². The lowest BCUT2D eigenvalue weighted by molar-refractivity contribution is -0.142. The minimum absolute atomic E-state index is 0.441. The molecular formula is C10H19F3N2. The van der Waals surface area contributed by atoms with E-state index >= 15 is 0 Å². The van der Waals surface area contributed by atoms with E-state index in [0.717, 1.165) is 5.92 Å². The summed E-state index contributed by atoms with van der Waals surface area (Å²) >= 11 is 0. The van der Waals surface area contributed by atoms with Gasteiger partial charge in [0.15, 0.2) is 0 Å². The normalized spacial score (nSPS) is 19.6. The van der Waals surface area contributed by atoms with Crippen LogP contribution in [0, 0.1) is 5.92 Å². The third-order valence-electron chi connectivity index (χ3n) is 2.74. The highest BCUT2D eigenvalue weighted by Gasteiger charge is 2.29. The Morgan fingerprint density at radius 3 is 2.47 bits per heavy atom. The van der Waals surface area contributed by atoms with Gasteiger partial charge in [0, 0.05) is 19.1 Å². The first kappa shape index (κ1) is 12.8. The Labute approximate surface area is 88.8 Å². The van der Waals surface area contributed by atoms with Gasteiger partial charge in [0.2, 0.25) is 0 Å². The molecule has 15 heavy (non-hydrogen) atoms. The molecule has 0 aromatic carbocycles. The maximum absolute atomic E-state index is 12.0. The largest absolute Gasteiger partial charge is 0.401 e. The minimum atomic E-state index is -4.09. The smallest absolute Gasteiger partial charge is 0.313 e. The van der Waals surface area contributed by atoms with Crippen LogP contribution >= 0.6 is 0 Å². The van der Waals surface area contributed by atoms with Crippen LogP contribution in [0.5, 0.6) is 0 Å². The van der Waals surface area contributed by atoms with E-state index in [4.69, 9.17) is 0 Å². The van der Waals surface area contributed by atoms with Crippen molar-refractivity contribution in [2.75, 3.05) is 26.7 Å². The third kappa shape index (κ3) is 5.99. The van der Waals surface area contributed by atoms with Crippen LogP contribution in [0.1, 0.15) is 19.8 Å². The second-order valence-electron chi connectivity index (χ2n) is 4.43. The van der Waals surface area contributed by atoms with E-state index in [-0.39, 0.29) is 0 Å². The molecule has 0 aliphatic heterocycles. The van der Waals surface area contributed by atoms with Crippen molar-refractivity contribution in [3.05, 3.63) is 0 Å². The molecule has 0 aromatic rings. The van der Waals surface area contributed by atoms with E-state index in [2.05, 4.69) is 12.2 Å².